The molecule has 0 spiro atoms. The Kier molecular flexibility index (Phi) is 5.53. The molecule has 0 saturated heterocycles. The number of pyridine rings is 1. The number of aryl methyl sites for hydroxylation is 1. The third kappa shape index (κ3) is 4.48. The van der Waals surface area contributed by atoms with E-state index in [1.807, 2.05) is 13.0 Å². The van der Waals surface area contributed by atoms with Gasteiger partial charge in [-0.3, -0.25) is 9.59 Å². The number of amides is 1. The minimum Gasteiger partial charge on any atom is -0.348 e. The predicted molar refractivity (Wildman–Crippen MR) is 97.8 cm³/mol. The van der Waals surface area contributed by atoms with Crippen LogP contribution in [0.25, 0.3) is 0 Å². The van der Waals surface area contributed by atoms with Gasteiger partial charge in [0, 0.05) is 48.6 Å². The number of nitrogens with zero attached hydrogens (tertiary/aromatic N) is 3. The number of hydrogen-bond acceptors (Lipinski definition) is 5. The number of nitrogens with one attached hydrogen (secondary N) is 1. The van der Waals surface area contributed by atoms with Gasteiger partial charge >= 0.3 is 0 Å². The number of rotatable bonds is 4. The summed E-state index contributed by atoms with van der Waals surface area (Å²) in [5.41, 5.74) is 1.06. The first kappa shape index (κ1) is 17.7. The molecule has 2 aromatic rings. The Labute approximate surface area is 151 Å². The van der Waals surface area contributed by atoms with Crippen molar-refractivity contribution in [2.75, 3.05) is 0 Å². The van der Waals surface area contributed by atoms with Crippen LogP contribution in [0, 0.1) is 6.92 Å². The second kappa shape index (κ2) is 7.82. The van der Waals surface area contributed by atoms with E-state index in [9.17, 15) is 9.59 Å². The van der Waals surface area contributed by atoms with E-state index in [4.69, 9.17) is 0 Å². The summed E-state index contributed by atoms with van der Waals surface area (Å²) in [6.07, 6.45) is 7.40. The molecule has 25 heavy (non-hydrogen) atoms. The molecule has 132 valence electrons. The molecule has 0 atom stereocenters. The summed E-state index contributed by atoms with van der Waals surface area (Å²) in [7, 11) is 1.80. The van der Waals surface area contributed by atoms with Crippen LogP contribution in [0.1, 0.15) is 41.9 Å². The van der Waals surface area contributed by atoms with E-state index >= 15 is 0 Å². The van der Waals surface area contributed by atoms with Crippen molar-refractivity contribution in [3.8, 4) is 0 Å². The Morgan fingerprint density at radius 2 is 1.88 bits per heavy atom. The molecule has 0 bridgehead atoms. The molecule has 2 aromatic heterocycles. The van der Waals surface area contributed by atoms with E-state index in [1.165, 1.54) is 12.1 Å². The van der Waals surface area contributed by atoms with E-state index in [1.54, 1.807) is 35.8 Å². The lowest BCUT2D eigenvalue weighted by Crippen LogP contribution is -2.39. The smallest absolute Gasteiger partial charge is 0.268 e. The van der Waals surface area contributed by atoms with Gasteiger partial charge in [-0.2, -0.15) is 0 Å². The molecule has 1 fully saturated rings. The highest BCUT2D eigenvalue weighted by Gasteiger charge is 2.24. The van der Waals surface area contributed by atoms with Gasteiger partial charge in [-0.1, -0.05) is 11.8 Å². The highest BCUT2D eigenvalue weighted by atomic mass is 32.2. The standard InChI is InChI=1S/C18H22N4O2S/c1-12-10-14(23)11-16(22(12)2)17(24)21-13-4-6-15(7-5-13)25-18-19-8-3-9-20-18/h3,8-11,13,15H,4-7H2,1-2H3,(H,21,24). The first-order valence-electron chi connectivity index (χ1n) is 8.45. The molecule has 1 saturated carbocycles. The van der Waals surface area contributed by atoms with E-state index in [0.717, 1.165) is 36.5 Å². The Balaban J connectivity index is 1.55. The van der Waals surface area contributed by atoms with Gasteiger partial charge in [0.2, 0.25) is 0 Å². The molecule has 1 N–H and O–H groups in total. The molecule has 0 aliphatic heterocycles. The SMILES string of the molecule is Cc1cc(=O)cc(C(=O)NC2CCC(Sc3ncccn3)CC2)n1C. The fourth-order valence-electron chi connectivity index (χ4n) is 3.06. The lowest BCUT2D eigenvalue weighted by atomic mass is 9.95. The Hall–Kier alpha value is -2.15. The normalized spacial score (nSPS) is 20.2. The van der Waals surface area contributed by atoms with Crippen molar-refractivity contribution in [1.82, 2.24) is 19.9 Å². The van der Waals surface area contributed by atoms with Crippen LogP contribution in [0.5, 0.6) is 0 Å². The molecule has 1 aliphatic carbocycles. The van der Waals surface area contributed by atoms with E-state index in [2.05, 4.69) is 15.3 Å². The van der Waals surface area contributed by atoms with Crippen LogP contribution in [-0.2, 0) is 7.05 Å². The Morgan fingerprint density at radius 1 is 1.20 bits per heavy atom. The maximum absolute atomic E-state index is 12.5. The topological polar surface area (TPSA) is 76.9 Å². The quantitative estimate of drug-likeness (QED) is 0.849. The maximum atomic E-state index is 12.5. The monoisotopic (exact) mass is 358 g/mol. The second-order valence-electron chi connectivity index (χ2n) is 6.37. The zero-order valence-electron chi connectivity index (χ0n) is 14.4. The predicted octanol–water partition coefficient (Wildman–Crippen LogP) is 2.32. The largest absolute Gasteiger partial charge is 0.348 e. The van der Waals surface area contributed by atoms with Crippen molar-refractivity contribution in [2.45, 2.75) is 49.1 Å². The second-order valence-corrected chi connectivity index (χ2v) is 7.64. The molecule has 7 heteroatoms. The maximum Gasteiger partial charge on any atom is 0.268 e. The van der Waals surface area contributed by atoms with Gasteiger partial charge < -0.3 is 9.88 Å². The van der Waals surface area contributed by atoms with E-state index < -0.39 is 0 Å². The van der Waals surface area contributed by atoms with Crippen molar-refractivity contribution in [3.05, 3.63) is 52.2 Å². The summed E-state index contributed by atoms with van der Waals surface area (Å²) in [5.74, 6) is -0.175. The summed E-state index contributed by atoms with van der Waals surface area (Å²) >= 11 is 1.71. The summed E-state index contributed by atoms with van der Waals surface area (Å²) in [6.45, 7) is 1.83. The summed E-state index contributed by atoms with van der Waals surface area (Å²) in [5, 5.41) is 4.37. The summed E-state index contributed by atoms with van der Waals surface area (Å²) < 4.78 is 1.75. The molecule has 0 unspecified atom stereocenters. The van der Waals surface area contributed by atoms with Gasteiger partial charge in [-0.15, -0.1) is 0 Å². The Morgan fingerprint density at radius 3 is 2.56 bits per heavy atom. The minimum atomic E-state index is -0.175. The highest BCUT2D eigenvalue weighted by molar-refractivity contribution is 7.99. The van der Waals surface area contributed by atoms with Crippen molar-refractivity contribution in [2.24, 2.45) is 7.05 Å². The third-order valence-electron chi connectivity index (χ3n) is 4.58. The molecule has 1 amide bonds. The molecule has 0 aromatic carbocycles. The van der Waals surface area contributed by atoms with Crippen LogP contribution in [0.4, 0.5) is 0 Å². The Bertz CT molecular complexity index is 798. The molecular weight excluding hydrogens is 336 g/mol. The first-order valence-corrected chi connectivity index (χ1v) is 9.33. The lowest BCUT2D eigenvalue weighted by Gasteiger charge is -2.28. The van der Waals surface area contributed by atoms with Crippen molar-refractivity contribution < 1.29 is 4.79 Å². The van der Waals surface area contributed by atoms with Crippen molar-refractivity contribution in [1.29, 1.82) is 0 Å². The fraction of sp³-hybridized carbons (Fsp3) is 0.444. The zero-order valence-corrected chi connectivity index (χ0v) is 15.3. The van der Waals surface area contributed by atoms with E-state index in [0.29, 0.717) is 10.9 Å². The van der Waals surface area contributed by atoms with Crippen LogP contribution < -0.4 is 10.7 Å². The number of thioether (sulfide) groups is 1. The number of carbonyl (C=O) groups is 1. The van der Waals surface area contributed by atoms with E-state index in [-0.39, 0.29) is 17.4 Å². The first-order chi connectivity index (χ1) is 12.0. The van der Waals surface area contributed by atoms with Crippen LogP contribution in [-0.4, -0.2) is 31.7 Å². The third-order valence-corrected chi connectivity index (χ3v) is 5.80. The summed E-state index contributed by atoms with van der Waals surface area (Å²) in [6, 6.07) is 4.90. The van der Waals surface area contributed by atoms with Crippen LogP contribution in [0.3, 0.4) is 0 Å². The molecule has 1 aliphatic rings. The number of hydrogen-bond donors (Lipinski definition) is 1. The average Bonchev–Trinajstić information content (AvgIpc) is 2.60. The van der Waals surface area contributed by atoms with Gasteiger partial charge in [-0.05, 0) is 38.7 Å². The van der Waals surface area contributed by atoms with Crippen molar-refractivity contribution >= 4 is 17.7 Å². The number of aromatic nitrogens is 3. The highest BCUT2D eigenvalue weighted by Crippen LogP contribution is 2.31. The van der Waals surface area contributed by atoms with Crippen LogP contribution in [0.2, 0.25) is 0 Å². The van der Waals surface area contributed by atoms with Crippen LogP contribution >= 0.6 is 11.8 Å². The zero-order chi connectivity index (χ0) is 17.8. The van der Waals surface area contributed by atoms with Gasteiger partial charge in [0.1, 0.15) is 5.69 Å². The average molecular weight is 358 g/mol. The van der Waals surface area contributed by atoms with Gasteiger partial charge in [0.25, 0.3) is 5.91 Å². The fourth-order valence-corrected chi connectivity index (χ4v) is 4.11. The van der Waals surface area contributed by atoms with Crippen molar-refractivity contribution in [3.63, 3.8) is 0 Å². The van der Waals surface area contributed by atoms with Crippen LogP contribution in [0.15, 0.2) is 40.5 Å². The van der Waals surface area contributed by atoms with Gasteiger partial charge in [0.15, 0.2) is 10.6 Å². The molecule has 0 radical (unpaired) electrons. The molecule has 6 nitrogen and oxygen atoms in total. The molecular formula is C18H22N4O2S. The molecule has 2 heterocycles. The van der Waals surface area contributed by atoms with Gasteiger partial charge in [0.05, 0.1) is 0 Å². The lowest BCUT2D eigenvalue weighted by molar-refractivity contribution is 0.0918. The summed E-state index contributed by atoms with van der Waals surface area (Å²) in [4.78, 5) is 32.7. The minimum absolute atomic E-state index is 0.135. The number of carbonyl (C=O) groups excluding carboxylic acids is 1. The van der Waals surface area contributed by atoms with Gasteiger partial charge in [-0.25, -0.2) is 9.97 Å². The molecule has 3 rings (SSSR count).